The molecule has 0 aliphatic rings. The number of nitrogens with zero attached hydrogens (tertiary/aromatic N) is 5. The van der Waals surface area contributed by atoms with Crippen molar-refractivity contribution in [2.24, 2.45) is 0 Å². The molecule has 7 heteroatoms. The molecule has 7 nitrogen and oxygen atoms in total. The number of hydrogen-bond donors (Lipinski definition) is 0. The Morgan fingerprint density at radius 1 is 1.62 bits per heavy atom. The fraction of sp³-hybridized carbons (Fsp3) is 0.222. The number of aromatic nitrogens is 5. The van der Waals surface area contributed by atoms with E-state index in [0.717, 1.165) is 0 Å². The maximum absolute atomic E-state index is 11.6. The van der Waals surface area contributed by atoms with Gasteiger partial charge in [0.25, 0.3) is 5.78 Å². The van der Waals surface area contributed by atoms with E-state index < -0.39 is 5.97 Å². The van der Waals surface area contributed by atoms with E-state index in [2.05, 4.69) is 26.9 Å². The van der Waals surface area contributed by atoms with Gasteiger partial charge in [-0.25, -0.2) is 4.79 Å². The lowest BCUT2D eigenvalue weighted by Crippen LogP contribution is -2.14. The van der Waals surface area contributed by atoms with Crippen LogP contribution in [0.25, 0.3) is 5.78 Å². The highest BCUT2D eigenvalue weighted by molar-refractivity contribution is 5.88. The van der Waals surface area contributed by atoms with Gasteiger partial charge in [0.05, 0.1) is 5.69 Å². The summed E-state index contributed by atoms with van der Waals surface area (Å²) in [6.45, 7) is 5.28. The third-order valence-electron chi connectivity index (χ3n) is 1.96. The van der Waals surface area contributed by atoms with Gasteiger partial charge in [-0.05, 0) is 6.92 Å². The van der Waals surface area contributed by atoms with Crippen molar-refractivity contribution in [3.05, 3.63) is 30.4 Å². The van der Waals surface area contributed by atoms with Gasteiger partial charge in [0.1, 0.15) is 12.9 Å². The summed E-state index contributed by atoms with van der Waals surface area (Å²) in [6.07, 6.45) is 2.82. The zero-order valence-corrected chi connectivity index (χ0v) is 8.62. The van der Waals surface area contributed by atoms with Crippen LogP contribution in [0.3, 0.4) is 0 Å². The van der Waals surface area contributed by atoms with E-state index >= 15 is 0 Å². The first-order chi connectivity index (χ1) is 7.74. The fourth-order valence-corrected chi connectivity index (χ4v) is 1.20. The number of rotatable bonds is 3. The van der Waals surface area contributed by atoms with E-state index in [0.29, 0.717) is 11.5 Å². The summed E-state index contributed by atoms with van der Waals surface area (Å²) in [5.74, 6) is -0.208. The lowest BCUT2D eigenvalue weighted by molar-refractivity contribution is 0.0539. The van der Waals surface area contributed by atoms with Crippen molar-refractivity contribution in [3.8, 4) is 0 Å². The average molecular weight is 219 g/mol. The molecule has 0 bridgehead atoms. The SMILES string of the molecule is C=CCOC(=O)c1nnc2ncnn2c1C. The molecule has 0 aliphatic heterocycles. The van der Waals surface area contributed by atoms with Gasteiger partial charge in [0.2, 0.25) is 0 Å². The lowest BCUT2D eigenvalue weighted by atomic mass is 10.3. The molecule has 0 spiro atoms. The first kappa shape index (κ1) is 10.2. The Bertz CT molecular complexity index is 548. The zero-order valence-electron chi connectivity index (χ0n) is 8.62. The summed E-state index contributed by atoms with van der Waals surface area (Å²) in [7, 11) is 0. The van der Waals surface area contributed by atoms with Gasteiger partial charge in [-0.15, -0.1) is 10.2 Å². The quantitative estimate of drug-likeness (QED) is 0.540. The largest absolute Gasteiger partial charge is 0.457 e. The minimum absolute atomic E-state index is 0.125. The molecule has 2 heterocycles. The molecule has 0 fully saturated rings. The van der Waals surface area contributed by atoms with Crippen LogP contribution >= 0.6 is 0 Å². The van der Waals surface area contributed by atoms with Crippen molar-refractivity contribution in [3.63, 3.8) is 0 Å². The fourth-order valence-electron chi connectivity index (χ4n) is 1.20. The molecule has 2 aromatic heterocycles. The first-order valence-electron chi connectivity index (χ1n) is 4.55. The average Bonchev–Trinajstić information content (AvgIpc) is 2.75. The molecule has 0 saturated heterocycles. The van der Waals surface area contributed by atoms with Crippen LogP contribution in [0.5, 0.6) is 0 Å². The minimum atomic E-state index is -0.553. The molecule has 2 aromatic rings. The Morgan fingerprint density at radius 3 is 3.19 bits per heavy atom. The van der Waals surface area contributed by atoms with Gasteiger partial charge in [-0.1, -0.05) is 12.7 Å². The highest BCUT2D eigenvalue weighted by Gasteiger charge is 2.16. The Morgan fingerprint density at radius 2 is 2.44 bits per heavy atom. The molecular weight excluding hydrogens is 210 g/mol. The van der Waals surface area contributed by atoms with Crippen molar-refractivity contribution >= 4 is 11.7 Å². The number of esters is 1. The molecule has 0 saturated carbocycles. The van der Waals surface area contributed by atoms with Crippen LogP contribution in [-0.2, 0) is 4.74 Å². The van der Waals surface area contributed by atoms with Gasteiger partial charge in [0, 0.05) is 0 Å². The maximum atomic E-state index is 11.6. The zero-order chi connectivity index (χ0) is 11.5. The normalized spacial score (nSPS) is 10.3. The molecule has 0 amide bonds. The predicted octanol–water partition coefficient (Wildman–Crippen LogP) is 0.171. The summed E-state index contributed by atoms with van der Waals surface area (Å²) in [5.41, 5.74) is 0.663. The summed E-state index contributed by atoms with van der Waals surface area (Å²) in [5, 5.41) is 11.4. The number of carbonyl (C=O) groups is 1. The lowest BCUT2D eigenvalue weighted by Gasteiger charge is -2.03. The molecule has 82 valence electrons. The molecule has 0 N–H and O–H groups in total. The molecule has 0 atom stereocenters. The van der Waals surface area contributed by atoms with Crippen molar-refractivity contribution in [2.75, 3.05) is 6.61 Å². The highest BCUT2D eigenvalue weighted by Crippen LogP contribution is 2.05. The Balaban J connectivity index is 2.40. The van der Waals surface area contributed by atoms with E-state index in [1.54, 1.807) is 6.92 Å². The van der Waals surface area contributed by atoms with Gasteiger partial charge in [-0.3, -0.25) is 0 Å². The standard InChI is InChI=1S/C9H9N5O2/c1-3-4-16-8(15)7-6(2)14-9(13-12-7)10-5-11-14/h3,5H,1,4H2,2H3. The molecule has 16 heavy (non-hydrogen) atoms. The van der Waals surface area contributed by atoms with E-state index in [1.807, 2.05) is 0 Å². The molecule has 0 aromatic carbocycles. The van der Waals surface area contributed by atoms with Gasteiger partial charge < -0.3 is 4.74 Å². The summed E-state index contributed by atoms with van der Waals surface area (Å²) in [4.78, 5) is 15.4. The number of ether oxygens (including phenoxy) is 1. The van der Waals surface area contributed by atoms with Gasteiger partial charge >= 0.3 is 5.97 Å². The van der Waals surface area contributed by atoms with Crippen LogP contribution in [0, 0.1) is 6.92 Å². The molecular formula is C9H9N5O2. The first-order valence-corrected chi connectivity index (χ1v) is 4.55. The van der Waals surface area contributed by atoms with Crippen LogP contribution in [0.1, 0.15) is 16.2 Å². The second kappa shape index (κ2) is 4.05. The molecule has 0 unspecified atom stereocenters. The molecule has 2 rings (SSSR count). The second-order valence-electron chi connectivity index (χ2n) is 2.99. The van der Waals surface area contributed by atoms with E-state index in [4.69, 9.17) is 4.74 Å². The predicted molar refractivity (Wildman–Crippen MR) is 53.8 cm³/mol. The number of hydrogen-bond acceptors (Lipinski definition) is 6. The van der Waals surface area contributed by atoms with Crippen LogP contribution in [0.4, 0.5) is 0 Å². The Kier molecular flexibility index (Phi) is 2.59. The van der Waals surface area contributed by atoms with E-state index in [1.165, 1.54) is 16.9 Å². The van der Waals surface area contributed by atoms with Crippen LogP contribution in [-0.4, -0.2) is 37.4 Å². The third-order valence-corrected chi connectivity index (χ3v) is 1.96. The van der Waals surface area contributed by atoms with Crippen molar-refractivity contribution in [1.82, 2.24) is 24.8 Å². The van der Waals surface area contributed by atoms with Crippen molar-refractivity contribution in [1.29, 1.82) is 0 Å². The van der Waals surface area contributed by atoms with Gasteiger partial charge in [-0.2, -0.15) is 14.6 Å². The highest BCUT2D eigenvalue weighted by atomic mass is 16.5. The Labute approximate surface area is 90.8 Å². The maximum Gasteiger partial charge on any atom is 0.361 e. The second-order valence-corrected chi connectivity index (χ2v) is 2.99. The van der Waals surface area contributed by atoms with Crippen molar-refractivity contribution < 1.29 is 9.53 Å². The van der Waals surface area contributed by atoms with E-state index in [9.17, 15) is 4.79 Å². The third kappa shape index (κ3) is 1.62. The minimum Gasteiger partial charge on any atom is -0.457 e. The van der Waals surface area contributed by atoms with Crippen molar-refractivity contribution in [2.45, 2.75) is 6.92 Å². The summed E-state index contributed by atoms with van der Waals surface area (Å²) >= 11 is 0. The molecule has 0 aliphatic carbocycles. The monoisotopic (exact) mass is 219 g/mol. The molecule has 0 radical (unpaired) electrons. The Hall–Kier alpha value is -2.31. The van der Waals surface area contributed by atoms with Crippen LogP contribution < -0.4 is 0 Å². The topological polar surface area (TPSA) is 82.3 Å². The number of aryl methyl sites for hydroxylation is 1. The summed E-state index contributed by atoms with van der Waals surface area (Å²) < 4.78 is 6.29. The van der Waals surface area contributed by atoms with Crippen LogP contribution in [0.2, 0.25) is 0 Å². The number of fused-ring (bicyclic) bond motifs is 1. The summed E-state index contributed by atoms with van der Waals surface area (Å²) in [6, 6.07) is 0. The smallest absolute Gasteiger partial charge is 0.361 e. The van der Waals surface area contributed by atoms with E-state index in [-0.39, 0.29) is 12.3 Å². The van der Waals surface area contributed by atoms with Crippen LogP contribution in [0.15, 0.2) is 19.0 Å². The number of carbonyl (C=O) groups excluding carboxylic acids is 1. The van der Waals surface area contributed by atoms with Gasteiger partial charge in [0.15, 0.2) is 5.69 Å².